The van der Waals surface area contributed by atoms with Crippen molar-refractivity contribution in [2.45, 2.75) is 39.2 Å². The van der Waals surface area contributed by atoms with E-state index in [4.69, 9.17) is 0 Å². The van der Waals surface area contributed by atoms with Crippen LogP contribution in [0.25, 0.3) is 0 Å². The summed E-state index contributed by atoms with van der Waals surface area (Å²) in [5.41, 5.74) is 1.15. The first kappa shape index (κ1) is 11.5. The van der Waals surface area contributed by atoms with Gasteiger partial charge in [-0.1, -0.05) is 0 Å². The molecule has 0 saturated heterocycles. The molecule has 2 N–H and O–H groups in total. The van der Waals surface area contributed by atoms with E-state index in [1.54, 1.807) is 6.33 Å². The van der Waals surface area contributed by atoms with E-state index in [1.165, 1.54) is 19.3 Å². The maximum Gasteiger partial charge on any atom is 0.134 e. The molecular formula is C15H22N4. The first-order valence-corrected chi connectivity index (χ1v) is 7.61. The van der Waals surface area contributed by atoms with Crippen LogP contribution in [-0.2, 0) is 0 Å². The summed E-state index contributed by atoms with van der Waals surface area (Å²) in [5.74, 6) is 5.88. The topological polar surface area (TPSA) is 49.8 Å². The SMILES string of the molecule is CCNc1ncnc(NC2C3C4CCC(C4)C23)c1C. The van der Waals surface area contributed by atoms with E-state index in [2.05, 4.69) is 34.4 Å². The van der Waals surface area contributed by atoms with Gasteiger partial charge in [0.2, 0.25) is 0 Å². The highest BCUT2D eigenvalue weighted by atomic mass is 15.1. The normalized spacial score (nSPS) is 38.1. The smallest absolute Gasteiger partial charge is 0.134 e. The molecule has 3 aliphatic rings. The summed E-state index contributed by atoms with van der Waals surface area (Å²) >= 11 is 0. The van der Waals surface area contributed by atoms with Crippen LogP contribution in [0.3, 0.4) is 0 Å². The molecular weight excluding hydrogens is 236 g/mol. The van der Waals surface area contributed by atoms with Gasteiger partial charge < -0.3 is 10.6 Å². The van der Waals surface area contributed by atoms with E-state index in [-0.39, 0.29) is 0 Å². The van der Waals surface area contributed by atoms with Gasteiger partial charge in [0, 0.05) is 18.2 Å². The van der Waals surface area contributed by atoms with Crippen LogP contribution in [0.1, 0.15) is 31.7 Å². The van der Waals surface area contributed by atoms with Crippen molar-refractivity contribution in [3.63, 3.8) is 0 Å². The molecule has 1 aromatic rings. The third-order valence-corrected chi connectivity index (χ3v) is 5.47. The van der Waals surface area contributed by atoms with Crippen molar-refractivity contribution in [1.29, 1.82) is 0 Å². The summed E-state index contributed by atoms with van der Waals surface area (Å²) < 4.78 is 0. The van der Waals surface area contributed by atoms with Crippen LogP contribution in [0.2, 0.25) is 0 Å². The van der Waals surface area contributed by atoms with E-state index < -0.39 is 0 Å². The standard InChI is InChI=1S/C15H22N4/c1-3-16-14-8(2)15(18-7-17-14)19-13-11-9-4-5-10(6-9)12(11)13/h7,9-13H,3-6H2,1-2H3,(H2,16,17,18,19). The minimum Gasteiger partial charge on any atom is -0.370 e. The molecule has 4 heteroatoms. The Morgan fingerprint density at radius 1 is 1.16 bits per heavy atom. The fourth-order valence-electron chi connectivity index (χ4n) is 4.62. The van der Waals surface area contributed by atoms with Gasteiger partial charge in [0.1, 0.15) is 18.0 Å². The van der Waals surface area contributed by atoms with Crippen LogP contribution in [-0.4, -0.2) is 22.6 Å². The summed E-state index contributed by atoms with van der Waals surface area (Å²) in [5, 5.41) is 6.99. The summed E-state index contributed by atoms with van der Waals surface area (Å²) in [6.45, 7) is 5.10. The lowest BCUT2D eigenvalue weighted by Gasteiger charge is -2.14. The zero-order valence-electron chi connectivity index (χ0n) is 11.7. The molecule has 4 unspecified atom stereocenters. The second-order valence-corrected chi connectivity index (χ2v) is 6.38. The van der Waals surface area contributed by atoms with Gasteiger partial charge in [-0.25, -0.2) is 9.97 Å². The lowest BCUT2D eigenvalue weighted by Crippen LogP contribution is -2.15. The van der Waals surface area contributed by atoms with Crippen molar-refractivity contribution in [2.24, 2.45) is 23.7 Å². The molecule has 1 heterocycles. The minimum atomic E-state index is 0.689. The highest BCUT2D eigenvalue weighted by Gasteiger charge is 2.65. The Morgan fingerprint density at radius 3 is 2.53 bits per heavy atom. The molecule has 0 radical (unpaired) electrons. The van der Waals surface area contributed by atoms with Crippen LogP contribution in [0.5, 0.6) is 0 Å². The van der Waals surface area contributed by atoms with Crippen LogP contribution in [0.4, 0.5) is 11.6 Å². The van der Waals surface area contributed by atoms with Crippen molar-refractivity contribution < 1.29 is 0 Å². The van der Waals surface area contributed by atoms with Crippen LogP contribution in [0, 0.1) is 30.6 Å². The molecule has 0 aromatic carbocycles. The largest absolute Gasteiger partial charge is 0.370 e. The number of aromatic nitrogens is 2. The van der Waals surface area contributed by atoms with Gasteiger partial charge >= 0.3 is 0 Å². The average molecular weight is 258 g/mol. The predicted molar refractivity (Wildman–Crippen MR) is 76.2 cm³/mol. The van der Waals surface area contributed by atoms with Gasteiger partial charge in [-0.3, -0.25) is 0 Å². The summed E-state index contributed by atoms with van der Waals surface area (Å²) in [6.07, 6.45) is 6.10. The lowest BCUT2D eigenvalue weighted by molar-refractivity contribution is 0.456. The number of anilines is 2. The number of hydrogen-bond donors (Lipinski definition) is 2. The first-order valence-electron chi connectivity index (χ1n) is 7.61. The summed E-state index contributed by atoms with van der Waals surface area (Å²) in [7, 11) is 0. The van der Waals surface area contributed by atoms with Crippen molar-refractivity contribution >= 4 is 11.6 Å². The van der Waals surface area contributed by atoms with Gasteiger partial charge in [0.15, 0.2) is 0 Å². The molecule has 1 aromatic heterocycles. The lowest BCUT2D eigenvalue weighted by atomic mass is 10.0. The zero-order valence-corrected chi connectivity index (χ0v) is 11.7. The maximum atomic E-state index is 4.44. The van der Waals surface area contributed by atoms with Crippen molar-refractivity contribution in [2.75, 3.05) is 17.2 Å². The number of nitrogens with one attached hydrogen (secondary N) is 2. The minimum absolute atomic E-state index is 0.689. The van der Waals surface area contributed by atoms with E-state index in [9.17, 15) is 0 Å². The van der Waals surface area contributed by atoms with Gasteiger partial charge in [0.05, 0.1) is 0 Å². The Balaban J connectivity index is 1.51. The quantitative estimate of drug-likeness (QED) is 0.871. The molecule has 3 fully saturated rings. The molecule has 0 amide bonds. The Kier molecular flexibility index (Phi) is 2.47. The molecule has 4 nitrogen and oxygen atoms in total. The number of rotatable bonds is 4. The van der Waals surface area contributed by atoms with Gasteiger partial charge in [-0.05, 0) is 56.8 Å². The molecule has 2 bridgehead atoms. The maximum absolute atomic E-state index is 4.44. The second kappa shape index (κ2) is 4.09. The van der Waals surface area contributed by atoms with Crippen LogP contribution < -0.4 is 10.6 Å². The van der Waals surface area contributed by atoms with Crippen LogP contribution >= 0.6 is 0 Å². The number of nitrogens with zero attached hydrogens (tertiary/aromatic N) is 2. The molecule has 102 valence electrons. The number of hydrogen-bond acceptors (Lipinski definition) is 4. The number of fused-ring (bicyclic) bond motifs is 5. The summed E-state index contributed by atoms with van der Waals surface area (Å²) in [4.78, 5) is 8.75. The van der Waals surface area contributed by atoms with E-state index in [0.29, 0.717) is 6.04 Å². The zero-order chi connectivity index (χ0) is 13.0. The van der Waals surface area contributed by atoms with Crippen molar-refractivity contribution in [3.05, 3.63) is 11.9 Å². The van der Waals surface area contributed by atoms with E-state index in [0.717, 1.165) is 47.4 Å². The van der Waals surface area contributed by atoms with Crippen LogP contribution in [0.15, 0.2) is 6.33 Å². The Morgan fingerprint density at radius 2 is 1.84 bits per heavy atom. The molecule has 3 saturated carbocycles. The van der Waals surface area contributed by atoms with Gasteiger partial charge in [0.25, 0.3) is 0 Å². The predicted octanol–water partition coefficient (Wildman–Crippen LogP) is 2.67. The molecule has 0 spiro atoms. The molecule has 0 aliphatic heterocycles. The average Bonchev–Trinajstić information content (AvgIpc) is 2.81. The van der Waals surface area contributed by atoms with E-state index >= 15 is 0 Å². The van der Waals surface area contributed by atoms with Gasteiger partial charge in [-0.15, -0.1) is 0 Å². The van der Waals surface area contributed by atoms with E-state index in [1.807, 2.05) is 0 Å². The summed E-state index contributed by atoms with van der Waals surface area (Å²) in [6, 6.07) is 0.689. The second-order valence-electron chi connectivity index (χ2n) is 6.38. The third-order valence-electron chi connectivity index (χ3n) is 5.47. The Hall–Kier alpha value is -1.32. The first-order chi connectivity index (χ1) is 9.29. The Labute approximate surface area is 114 Å². The highest BCUT2D eigenvalue weighted by molar-refractivity contribution is 5.57. The fourth-order valence-corrected chi connectivity index (χ4v) is 4.62. The van der Waals surface area contributed by atoms with Crippen molar-refractivity contribution in [1.82, 2.24) is 9.97 Å². The fraction of sp³-hybridized carbons (Fsp3) is 0.733. The van der Waals surface area contributed by atoms with Crippen molar-refractivity contribution in [3.8, 4) is 0 Å². The monoisotopic (exact) mass is 258 g/mol. The molecule has 3 aliphatic carbocycles. The third kappa shape index (κ3) is 1.65. The van der Waals surface area contributed by atoms with Gasteiger partial charge in [-0.2, -0.15) is 0 Å². The molecule has 4 rings (SSSR count). The highest BCUT2D eigenvalue weighted by Crippen LogP contribution is 2.66. The molecule has 4 atom stereocenters. The Bertz CT molecular complexity index is 485. The molecule has 19 heavy (non-hydrogen) atoms.